The highest BCUT2D eigenvalue weighted by molar-refractivity contribution is 5.28. The second-order valence-corrected chi connectivity index (χ2v) is 5.67. The van der Waals surface area contributed by atoms with Crippen LogP contribution in [0.2, 0.25) is 0 Å². The van der Waals surface area contributed by atoms with E-state index in [0.717, 1.165) is 17.7 Å². The molecule has 2 rings (SSSR count). The fourth-order valence-electron chi connectivity index (χ4n) is 2.30. The van der Waals surface area contributed by atoms with Crippen molar-refractivity contribution in [3.8, 4) is 5.75 Å². The number of hydrogen-bond acceptors (Lipinski definition) is 3. The summed E-state index contributed by atoms with van der Waals surface area (Å²) in [6.45, 7) is 1.11. The first-order chi connectivity index (χ1) is 11.3. The van der Waals surface area contributed by atoms with Crippen molar-refractivity contribution in [3.05, 3.63) is 65.7 Å². The molecule has 0 spiro atoms. The molecule has 6 heteroatoms. The molecule has 130 valence electrons. The monoisotopic (exact) mass is 339 g/mol. The van der Waals surface area contributed by atoms with Gasteiger partial charge in [0.25, 0.3) is 0 Å². The first kappa shape index (κ1) is 18.3. The van der Waals surface area contributed by atoms with Crippen LogP contribution in [0, 0.1) is 0 Å². The van der Waals surface area contributed by atoms with Crippen molar-refractivity contribution < 1.29 is 23.0 Å². The van der Waals surface area contributed by atoms with Crippen LogP contribution in [0.15, 0.2) is 54.6 Å². The summed E-state index contributed by atoms with van der Waals surface area (Å²) in [7, 11) is 1.88. The van der Waals surface area contributed by atoms with Gasteiger partial charge < -0.3 is 9.84 Å². The molecule has 0 heterocycles. The molecule has 0 aliphatic rings. The molecule has 0 bridgehead atoms. The molecule has 0 aromatic heterocycles. The summed E-state index contributed by atoms with van der Waals surface area (Å²) < 4.78 is 42.8. The van der Waals surface area contributed by atoms with Crippen LogP contribution in [0.4, 0.5) is 13.2 Å². The predicted molar refractivity (Wildman–Crippen MR) is 85.7 cm³/mol. The van der Waals surface area contributed by atoms with E-state index in [1.165, 1.54) is 12.1 Å². The maximum Gasteiger partial charge on any atom is 0.416 e. The molecule has 2 aromatic rings. The Hall–Kier alpha value is -2.05. The minimum absolute atomic E-state index is 0.0183. The van der Waals surface area contributed by atoms with Gasteiger partial charge in [-0.1, -0.05) is 30.3 Å². The molecule has 1 N–H and O–H groups in total. The third-order valence-corrected chi connectivity index (χ3v) is 3.44. The maximum atomic E-state index is 12.5. The number of aliphatic hydroxyl groups excluding tert-OH is 1. The van der Waals surface area contributed by atoms with E-state index in [0.29, 0.717) is 18.8 Å². The van der Waals surface area contributed by atoms with Crippen LogP contribution in [-0.2, 0) is 12.7 Å². The van der Waals surface area contributed by atoms with E-state index in [1.807, 2.05) is 42.3 Å². The summed E-state index contributed by atoms with van der Waals surface area (Å²) in [5.74, 6) is 0.299. The fourth-order valence-corrected chi connectivity index (χ4v) is 2.30. The zero-order chi connectivity index (χ0) is 17.6. The summed E-state index contributed by atoms with van der Waals surface area (Å²) in [6, 6.07) is 14.3. The maximum absolute atomic E-state index is 12.5. The van der Waals surface area contributed by atoms with Gasteiger partial charge in [-0.25, -0.2) is 0 Å². The van der Waals surface area contributed by atoms with Crippen LogP contribution in [-0.4, -0.2) is 36.3 Å². The van der Waals surface area contributed by atoms with Crippen LogP contribution < -0.4 is 4.74 Å². The zero-order valence-corrected chi connectivity index (χ0v) is 13.3. The molecule has 0 amide bonds. The molecule has 0 fully saturated rings. The van der Waals surface area contributed by atoms with E-state index >= 15 is 0 Å². The van der Waals surface area contributed by atoms with E-state index in [2.05, 4.69) is 0 Å². The second kappa shape index (κ2) is 8.17. The molecule has 0 saturated heterocycles. The van der Waals surface area contributed by atoms with Crippen molar-refractivity contribution in [3.63, 3.8) is 0 Å². The standard InChI is InChI=1S/C18H20F3NO2/c1-22(11-14-5-3-2-4-6-14)12-16(23)13-24-17-9-7-15(8-10-17)18(19,20)21/h2-10,16,23H,11-13H2,1H3. The third-order valence-electron chi connectivity index (χ3n) is 3.44. The number of rotatable bonds is 7. The van der Waals surface area contributed by atoms with Crippen LogP contribution in [0.3, 0.4) is 0 Å². The lowest BCUT2D eigenvalue weighted by Gasteiger charge is -2.21. The van der Waals surface area contributed by atoms with Gasteiger partial charge in [0.1, 0.15) is 18.5 Å². The molecule has 2 aromatic carbocycles. The zero-order valence-electron chi connectivity index (χ0n) is 13.3. The third kappa shape index (κ3) is 5.86. The van der Waals surface area contributed by atoms with Gasteiger partial charge in [-0.3, -0.25) is 4.90 Å². The minimum atomic E-state index is -4.36. The molecule has 1 atom stereocenters. The molecular weight excluding hydrogens is 319 g/mol. The Labute approximate surface area is 139 Å². The minimum Gasteiger partial charge on any atom is -0.491 e. The van der Waals surface area contributed by atoms with E-state index in [4.69, 9.17) is 4.74 Å². The highest BCUT2D eigenvalue weighted by Gasteiger charge is 2.30. The highest BCUT2D eigenvalue weighted by atomic mass is 19.4. The Bertz CT molecular complexity index is 614. The van der Waals surface area contributed by atoms with Crippen molar-refractivity contribution in [2.75, 3.05) is 20.2 Å². The molecule has 24 heavy (non-hydrogen) atoms. The summed E-state index contributed by atoms with van der Waals surface area (Å²) in [5, 5.41) is 10.00. The van der Waals surface area contributed by atoms with Crippen LogP contribution in [0.1, 0.15) is 11.1 Å². The molecule has 0 saturated carbocycles. The highest BCUT2D eigenvalue weighted by Crippen LogP contribution is 2.30. The number of benzene rings is 2. The Balaban J connectivity index is 1.77. The van der Waals surface area contributed by atoms with Crippen molar-refractivity contribution in [1.29, 1.82) is 0 Å². The Morgan fingerprint density at radius 1 is 1.04 bits per heavy atom. The lowest BCUT2D eigenvalue weighted by Crippen LogP contribution is -2.32. The van der Waals surface area contributed by atoms with Crippen molar-refractivity contribution in [2.24, 2.45) is 0 Å². The molecular formula is C18H20F3NO2. The quantitative estimate of drug-likeness (QED) is 0.837. The fraction of sp³-hybridized carbons (Fsp3) is 0.333. The van der Waals surface area contributed by atoms with Gasteiger partial charge in [0.15, 0.2) is 0 Å². The van der Waals surface area contributed by atoms with Crippen molar-refractivity contribution >= 4 is 0 Å². The van der Waals surface area contributed by atoms with Crippen LogP contribution in [0.5, 0.6) is 5.75 Å². The largest absolute Gasteiger partial charge is 0.491 e. The van der Waals surface area contributed by atoms with Gasteiger partial charge in [-0.05, 0) is 36.9 Å². The summed E-state index contributed by atoms with van der Waals surface area (Å²) in [4.78, 5) is 1.95. The smallest absolute Gasteiger partial charge is 0.416 e. The molecule has 0 aliphatic carbocycles. The van der Waals surface area contributed by atoms with Gasteiger partial charge in [0.2, 0.25) is 0 Å². The van der Waals surface area contributed by atoms with Gasteiger partial charge in [0.05, 0.1) is 5.56 Å². The number of likely N-dealkylation sites (N-methyl/N-ethyl adjacent to an activating group) is 1. The van der Waals surface area contributed by atoms with Crippen LogP contribution in [0.25, 0.3) is 0 Å². The average Bonchev–Trinajstić information content (AvgIpc) is 2.53. The Kier molecular flexibility index (Phi) is 6.23. The number of aliphatic hydroxyl groups is 1. The SMILES string of the molecule is CN(Cc1ccccc1)CC(O)COc1ccc(C(F)(F)F)cc1. The number of ether oxygens (including phenoxy) is 1. The lowest BCUT2D eigenvalue weighted by atomic mass is 10.2. The predicted octanol–water partition coefficient (Wildman–Crippen LogP) is 3.58. The average molecular weight is 339 g/mol. The number of halogens is 3. The number of hydrogen-bond donors (Lipinski definition) is 1. The summed E-state index contributed by atoms with van der Waals surface area (Å²) >= 11 is 0. The Morgan fingerprint density at radius 2 is 1.67 bits per heavy atom. The van der Waals surface area contributed by atoms with E-state index in [1.54, 1.807) is 0 Å². The van der Waals surface area contributed by atoms with Crippen molar-refractivity contribution in [2.45, 2.75) is 18.8 Å². The van der Waals surface area contributed by atoms with Gasteiger partial charge >= 0.3 is 6.18 Å². The number of alkyl halides is 3. The topological polar surface area (TPSA) is 32.7 Å². The van der Waals surface area contributed by atoms with E-state index in [9.17, 15) is 18.3 Å². The molecule has 3 nitrogen and oxygen atoms in total. The number of nitrogens with zero attached hydrogens (tertiary/aromatic N) is 1. The normalized spacial score (nSPS) is 13.1. The summed E-state index contributed by atoms with van der Waals surface area (Å²) in [5.41, 5.74) is 0.411. The van der Waals surface area contributed by atoms with Gasteiger partial charge in [-0.15, -0.1) is 0 Å². The molecule has 0 aliphatic heterocycles. The first-order valence-electron chi connectivity index (χ1n) is 7.55. The molecule has 1 unspecified atom stereocenters. The lowest BCUT2D eigenvalue weighted by molar-refractivity contribution is -0.137. The van der Waals surface area contributed by atoms with Gasteiger partial charge in [-0.2, -0.15) is 13.2 Å². The van der Waals surface area contributed by atoms with Gasteiger partial charge in [0, 0.05) is 13.1 Å². The second-order valence-electron chi connectivity index (χ2n) is 5.67. The first-order valence-corrected chi connectivity index (χ1v) is 7.55. The van der Waals surface area contributed by atoms with Crippen molar-refractivity contribution in [1.82, 2.24) is 4.90 Å². The van der Waals surface area contributed by atoms with Crippen LogP contribution >= 0.6 is 0 Å². The summed E-state index contributed by atoms with van der Waals surface area (Å²) in [6.07, 6.45) is -5.10. The Morgan fingerprint density at radius 3 is 2.25 bits per heavy atom. The van der Waals surface area contributed by atoms with E-state index < -0.39 is 17.8 Å². The molecule has 0 radical (unpaired) electrons. The van der Waals surface area contributed by atoms with E-state index in [-0.39, 0.29) is 6.61 Å².